The van der Waals surface area contributed by atoms with Gasteiger partial charge >= 0.3 is 0 Å². The molecule has 19 heavy (non-hydrogen) atoms. The third-order valence-electron chi connectivity index (χ3n) is 2.64. The molecule has 0 saturated heterocycles. The topological polar surface area (TPSA) is 58.2 Å². The van der Waals surface area contributed by atoms with Crippen LogP contribution in [0.5, 0.6) is 0 Å². The minimum absolute atomic E-state index is 0.113. The normalized spacial score (nSPS) is 10.3. The van der Waals surface area contributed by atoms with Crippen molar-refractivity contribution in [3.63, 3.8) is 0 Å². The highest BCUT2D eigenvalue weighted by Crippen LogP contribution is 2.02. The Hall–Kier alpha value is -1.84. The van der Waals surface area contributed by atoms with Crippen LogP contribution in [0.15, 0.2) is 24.3 Å². The number of carbonyl (C=O) groups is 2. The number of carbonyl (C=O) groups excluding carboxylic acids is 2. The fraction of sp³-hybridized carbons (Fsp3) is 0.467. The highest BCUT2D eigenvalue weighted by Gasteiger charge is 2.09. The van der Waals surface area contributed by atoms with Gasteiger partial charge in [-0.2, -0.15) is 0 Å². The van der Waals surface area contributed by atoms with Crippen LogP contribution in [0.2, 0.25) is 0 Å². The van der Waals surface area contributed by atoms with Crippen LogP contribution in [-0.4, -0.2) is 18.4 Å². The van der Waals surface area contributed by atoms with Crippen LogP contribution in [0.3, 0.4) is 0 Å². The number of benzene rings is 1. The summed E-state index contributed by atoms with van der Waals surface area (Å²) < 4.78 is 0. The van der Waals surface area contributed by atoms with Crippen molar-refractivity contribution in [2.45, 2.75) is 33.7 Å². The molecule has 4 heteroatoms. The lowest BCUT2D eigenvalue weighted by Gasteiger charge is -2.08. The SMILES string of the molecule is Cc1ccc(CNC(=O)CC(=O)NCC(C)C)cc1. The summed E-state index contributed by atoms with van der Waals surface area (Å²) in [5.41, 5.74) is 2.21. The molecule has 0 aliphatic carbocycles. The highest BCUT2D eigenvalue weighted by molar-refractivity contribution is 5.96. The largest absolute Gasteiger partial charge is 0.355 e. The first kappa shape index (κ1) is 15.2. The summed E-state index contributed by atoms with van der Waals surface area (Å²) in [4.78, 5) is 23.0. The van der Waals surface area contributed by atoms with Gasteiger partial charge in [0.05, 0.1) is 0 Å². The number of rotatable bonds is 6. The molecule has 0 bridgehead atoms. The molecule has 0 fully saturated rings. The Labute approximate surface area is 114 Å². The highest BCUT2D eigenvalue weighted by atomic mass is 16.2. The Balaban J connectivity index is 2.27. The summed E-state index contributed by atoms with van der Waals surface area (Å²) in [6, 6.07) is 7.93. The van der Waals surface area contributed by atoms with Crippen molar-refractivity contribution < 1.29 is 9.59 Å². The molecule has 0 spiro atoms. The zero-order valence-electron chi connectivity index (χ0n) is 11.8. The van der Waals surface area contributed by atoms with E-state index in [1.807, 2.05) is 45.0 Å². The van der Waals surface area contributed by atoms with E-state index in [0.29, 0.717) is 19.0 Å². The third-order valence-corrected chi connectivity index (χ3v) is 2.64. The number of hydrogen-bond donors (Lipinski definition) is 2. The van der Waals surface area contributed by atoms with Crippen molar-refractivity contribution in [3.05, 3.63) is 35.4 Å². The second-order valence-corrected chi connectivity index (χ2v) is 5.14. The Morgan fingerprint density at radius 3 is 2.21 bits per heavy atom. The van der Waals surface area contributed by atoms with Crippen molar-refractivity contribution >= 4 is 11.8 Å². The van der Waals surface area contributed by atoms with Crippen LogP contribution in [-0.2, 0) is 16.1 Å². The first-order valence-electron chi connectivity index (χ1n) is 6.56. The van der Waals surface area contributed by atoms with Crippen LogP contribution in [0.4, 0.5) is 0 Å². The van der Waals surface area contributed by atoms with Gasteiger partial charge in [0.25, 0.3) is 0 Å². The number of hydrogen-bond acceptors (Lipinski definition) is 2. The van der Waals surface area contributed by atoms with E-state index in [9.17, 15) is 9.59 Å². The quantitative estimate of drug-likeness (QED) is 0.768. The molecule has 2 amide bonds. The number of aryl methyl sites for hydroxylation is 1. The minimum Gasteiger partial charge on any atom is -0.355 e. The van der Waals surface area contributed by atoms with E-state index >= 15 is 0 Å². The molecule has 0 aliphatic rings. The van der Waals surface area contributed by atoms with Crippen LogP contribution in [0.25, 0.3) is 0 Å². The van der Waals surface area contributed by atoms with E-state index in [0.717, 1.165) is 5.56 Å². The van der Waals surface area contributed by atoms with Gasteiger partial charge in [-0.3, -0.25) is 9.59 Å². The summed E-state index contributed by atoms with van der Waals surface area (Å²) in [5, 5.41) is 5.46. The number of nitrogens with one attached hydrogen (secondary N) is 2. The monoisotopic (exact) mass is 262 g/mol. The summed E-state index contributed by atoms with van der Waals surface area (Å²) in [5.74, 6) is -0.0866. The van der Waals surface area contributed by atoms with E-state index < -0.39 is 0 Å². The fourth-order valence-electron chi connectivity index (χ4n) is 1.50. The lowest BCUT2D eigenvalue weighted by atomic mass is 10.1. The van der Waals surface area contributed by atoms with E-state index in [4.69, 9.17) is 0 Å². The Bertz CT molecular complexity index is 424. The summed E-state index contributed by atoms with van der Waals surface area (Å²) in [7, 11) is 0. The fourth-order valence-corrected chi connectivity index (χ4v) is 1.50. The molecule has 0 heterocycles. The van der Waals surface area contributed by atoms with E-state index in [-0.39, 0.29) is 18.2 Å². The molecule has 0 radical (unpaired) electrons. The molecule has 2 N–H and O–H groups in total. The molecule has 4 nitrogen and oxygen atoms in total. The molecule has 1 aromatic carbocycles. The molecule has 1 aromatic rings. The second-order valence-electron chi connectivity index (χ2n) is 5.14. The maximum absolute atomic E-state index is 11.6. The van der Waals surface area contributed by atoms with Gasteiger partial charge in [-0.05, 0) is 18.4 Å². The van der Waals surface area contributed by atoms with Gasteiger partial charge in [-0.25, -0.2) is 0 Å². The summed E-state index contributed by atoms with van der Waals surface area (Å²) in [6.07, 6.45) is -0.113. The van der Waals surface area contributed by atoms with Crippen molar-refractivity contribution in [1.29, 1.82) is 0 Å². The minimum atomic E-state index is -0.248. The molecule has 104 valence electrons. The van der Waals surface area contributed by atoms with Gasteiger partial charge in [-0.15, -0.1) is 0 Å². The van der Waals surface area contributed by atoms with Crippen LogP contribution >= 0.6 is 0 Å². The molecule has 0 aromatic heterocycles. The van der Waals surface area contributed by atoms with Gasteiger partial charge < -0.3 is 10.6 Å². The molecule has 0 unspecified atom stereocenters. The van der Waals surface area contributed by atoms with E-state index in [1.165, 1.54) is 5.56 Å². The summed E-state index contributed by atoms with van der Waals surface area (Å²) >= 11 is 0. The average molecular weight is 262 g/mol. The zero-order chi connectivity index (χ0) is 14.3. The van der Waals surface area contributed by atoms with Crippen molar-refractivity contribution in [1.82, 2.24) is 10.6 Å². The second kappa shape index (κ2) is 7.56. The predicted molar refractivity (Wildman–Crippen MR) is 75.5 cm³/mol. The van der Waals surface area contributed by atoms with Gasteiger partial charge in [0.15, 0.2) is 0 Å². The van der Waals surface area contributed by atoms with Gasteiger partial charge in [-0.1, -0.05) is 43.7 Å². The standard InChI is InChI=1S/C15H22N2O2/c1-11(2)9-16-14(18)8-15(19)17-10-13-6-4-12(3)5-7-13/h4-7,11H,8-10H2,1-3H3,(H,16,18)(H,17,19). The lowest BCUT2D eigenvalue weighted by Crippen LogP contribution is -2.33. The van der Waals surface area contributed by atoms with E-state index in [1.54, 1.807) is 0 Å². The Morgan fingerprint density at radius 2 is 1.63 bits per heavy atom. The maximum Gasteiger partial charge on any atom is 0.229 e. The van der Waals surface area contributed by atoms with Crippen LogP contribution in [0, 0.1) is 12.8 Å². The molecule has 1 rings (SSSR count). The molecule has 0 atom stereocenters. The average Bonchev–Trinajstić information content (AvgIpc) is 2.36. The molecule has 0 saturated carbocycles. The Morgan fingerprint density at radius 1 is 1.05 bits per heavy atom. The molecular formula is C15H22N2O2. The zero-order valence-corrected chi connectivity index (χ0v) is 11.8. The molecular weight excluding hydrogens is 240 g/mol. The smallest absolute Gasteiger partial charge is 0.229 e. The van der Waals surface area contributed by atoms with Crippen molar-refractivity contribution in [2.75, 3.05) is 6.54 Å². The molecule has 0 aliphatic heterocycles. The van der Waals surface area contributed by atoms with E-state index in [2.05, 4.69) is 10.6 Å². The first-order chi connectivity index (χ1) is 8.97. The van der Waals surface area contributed by atoms with Crippen molar-refractivity contribution in [2.24, 2.45) is 5.92 Å². The predicted octanol–water partition coefficient (Wildman–Crippen LogP) is 1.77. The lowest BCUT2D eigenvalue weighted by molar-refractivity contribution is -0.129. The van der Waals surface area contributed by atoms with Gasteiger partial charge in [0.2, 0.25) is 11.8 Å². The first-order valence-corrected chi connectivity index (χ1v) is 6.56. The van der Waals surface area contributed by atoms with Gasteiger partial charge in [0.1, 0.15) is 6.42 Å². The maximum atomic E-state index is 11.6. The summed E-state index contributed by atoms with van der Waals surface area (Å²) in [6.45, 7) is 7.09. The van der Waals surface area contributed by atoms with Crippen LogP contribution < -0.4 is 10.6 Å². The third kappa shape index (κ3) is 6.60. The van der Waals surface area contributed by atoms with Crippen molar-refractivity contribution in [3.8, 4) is 0 Å². The van der Waals surface area contributed by atoms with Gasteiger partial charge in [0, 0.05) is 13.1 Å². The number of amides is 2. The Kier molecular flexibility index (Phi) is 6.06. The van der Waals surface area contributed by atoms with Crippen LogP contribution in [0.1, 0.15) is 31.4 Å².